The quantitative estimate of drug-likeness (QED) is 0.168. The van der Waals surface area contributed by atoms with E-state index in [9.17, 15) is 0 Å². The number of nitrogens with zero attached hydrogens (tertiary/aromatic N) is 2. The van der Waals surface area contributed by atoms with Crippen LogP contribution in [-0.2, 0) is 0 Å². The van der Waals surface area contributed by atoms with Gasteiger partial charge in [0.1, 0.15) is 17.8 Å². The van der Waals surface area contributed by atoms with E-state index >= 15 is 0 Å². The fraction of sp³-hybridized carbons (Fsp3) is 0.0286. The van der Waals surface area contributed by atoms with Crippen LogP contribution in [0.25, 0.3) is 48.5 Å². The minimum atomic E-state index is 0.721. The lowest BCUT2D eigenvalue weighted by atomic mass is 9.97. The van der Waals surface area contributed by atoms with E-state index in [-0.39, 0.29) is 0 Å². The normalized spacial score (nSPS) is 15.0. The second-order valence-corrected chi connectivity index (χ2v) is 10.5. The molecular weight excluding hydrogens is 496 g/mol. The number of thiophene rings is 1. The van der Waals surface area contributed by atoms with Crippen LogP contribution in [0.3, 0.4) is 0 Å². The first-order chi connectivity index (χ1) is 19.3. The van der Waals surface area contributed by atoms with Crippen molar-refractivity contribution in [3.05, 3.63) is 132 Å². The van der Waals surface area contributed by atoms with Gasteiger partial charge in [-0.25, -0.2) is 4.99 Å². The third-order valence-corrected chi connectivity index (χ3v) is 8.21. The molecule has 0 atom stereocenters. The summed E-state index contributed by atoms with van der Waals surface area (Å²) in [5.41, 5.74) is 7.63. The van der Waals surface area contributed by atoms with E-state index in [4.69, 9.17) is 4.74 Å². The zero-order chi connectivity index (χ0) is 26.2. The maximum atomic E-state index is 6.18. The van der Waals surface area contributed by atoms with Crippen molar-refractivity contribution < 1.29 is 4.74 Å². The van der Waals surface area contributed by atoms with Gasteiger partial charge in [0.05, 0.1) is 0 Å². The zero-order valence-electron chi connectivity index (χ0n) is 21.3. The predicted octanol–water partition coefficient (Wildman–Crippen LogP) is 9.27. The fourth-order valence-electron chi connectivity index (χ4n) is 5.20. The summed E-state index contributed by atoms with van der Waals surface area (Å²) >= 11 is 1.86. The molecule has 0 saturated carbocycles. The van der Waals surface area contributed by atoms with Gasteiger partial charge in [0.15, 0.2) is 5.76 Å². The Balaban J connectivity index is 1.27. The molecule has 3 nitrogen and oxygen atoms in total. The van der Waals surface area contributed by atoms with E-state index < -0.39 is 0 Å². The highest BCUT2D eigenvalue weighted by atomic mass is 32.1. The Kier molecular flexibility index (Phi) is 5.87. The summed E-state index contributed by atoms with van der Waals surface area (Å²) in [4.78, 5) is 8.60. The van der Waals surface area contributed by atoms with Gasteiger partial charge in [-0.15, -0.1) is 11.3 Å². The molecule has 1 aromatic heterocycles. The molecule has 2 heterocycles. The van der Waals surface area contributed by atoms with Gasteiger partial charge < -0.3 is 4.74 Å². The molecule has 6 aromatic rings. The van der Waals surface area contributed by atoms with Crippen LogP contribution in [0.15, 0.2) is 131 Å². The Morgan fingerprint density at radius 2 is 1.38 bits per heavy atom. The highest BCUT2D eigenvalue weighted by Crippen LogP contribution is 2.40. The summed E-state index contributed by atoms with van der Waals surface area (Å²) in [5.74, 6) is 1.53. The largest absolute Gasteiger partial charge is 0.454 e. The summed E-state index contributed by atoms with van der Waals surface area (Å²) in [5, 5.41) is 2.64. The van der Waals surface area contributed by atoms with Crippen LogP contribution >= 0.6 is 11.3 Å². The van der Waals surface area contributed by atoms with Crippen LogP contribution in [-0.4, -0.2) is 19.1 Å². The number of hydrogen-bond acceptors (Lipinski definition) is 3. The molecule has 1 aliphatic heterocycles. The molecule has 5 aromatic carbocycles. The molecule has 1 aliphatic rings. The maximum Gasteiger partial charge on any atom is 0.154 e. The van der Waals surface area contributed by atoms with Crippen molar-refractivity contribution in [2.24, 2.45) is 9.98 Å². The molecule has 0 aliphatic carbocycles. The summed E-state index contributed by atoms with van der Waals surface area (Å²) in [6, 6.07) is 40.6. The molecule has 0 radical (unpaired) electrons. The third-order valence-electron chi connectivity index (χ3n) is 6.99. The van der Waals surface area contributed by atoms with Gasteiger partial charge in [-0.1, -0.05) is 84.9 Å². The van der Waals surface area contributed by atoms with E-state index in [1.807, 2.05) is 41.7 Å². The number of rotatable bonds is 4. The average Bonchev–Trinajstić information content (AvgIpc) is 3.54. The molecule has 0 saturated heterocycles. The van der Waals surface area contributed by atoms with Crippen LogP contribution < -0.4 is 4.74 Å². The molecule has 0 unspecified atom stereocenters. The van der Waals surface area contributed by atoms with E-state index in [2.05, 4.69) is 101 Å². The van der Waals surface area contributed by atoms with Crippen molar-refractivity contribution in [2.45, 2.75) is 0 Å². The second-order valence-electron chi connectivity index (χ2n) is 9.44. The Morgan fingerprint density at radius 1 is 0.667 bits per heavy atom. The van der Waals surface area contributed by atoms with Crippen molar-refractivity contribution >= 4 is 49.6 Å². The van der Waals surface area contributed by atoms with Crippen molar-refractivity contribution in [3.63, 3.8) is 0 Å². The lowest BCUT2D eigenvalue weighted by Crippen LogP contribution is -2.01. The zero-order valence-corrected chi connectivity index (χ0v) is 22.2. The van der Waals surface area contributed by atoms with Gasteiger partial charge in [-0.3, -0.25) is 4.99 Å². The van der Waals surface area contributed by atoms with E-state index in [1.54, 1.807) is 13.4 Å². The lowest BCUT2D eigenvalue weighted by molar-refractivity contribution is 0.473. The van der Waals surface area contributed by atoms with Crippen molar-refractivity contribution in [1.29, 1.82) is 0 Å². The molecule has 39 heavy (non-hydrogen) atoms. The topological polar surface area (TPSA) is 34.0 Å². The molecular formula is C35H24N2OS. The molecule has 186 valence electrons. The first-order valence-electron chi connectivity index (χ1n) is 12.9. The Hall–Kier alpha value is -4.80. The first kappa shape index (κ1) is 23.3. The minimum Gasteiger partial charge on any atom is -0.454 e. The molecule has 0 fully saturated rings. The van der Waals surface area contributed by atoms with Crippen molar-refractivity contribution in [2.75, 3.05) is 7.05 Å². The number of hydrogen-bond donors (Lipinski definition) is 0. The first-order valence-corrected chi connectivity index (χ1v) is 13.7. The number of benzene rings is 5. The molecule has 7 rings (SSSR count). The number of aliphatic imine (C=N–C) groups is 2. The van der Waals surface area contributed by atoms with E-state index in [0.29, 0.717) is 0 Å². The van der Waals surface area contributed by atoms with Crippen molar-refractivity contribution in [1.82, 2.24) is 0 Å². The predicted molar refractivity (Wildman–Crippen MR) is 166 cm³/mol. The monoisotopic (exact) mass is 520 g/mol. The Morgan fingerprint density at radius 3 is 2.31 bits per heavy atom. The van der Waals surface area contributed by atoms with Gasteiger partial charge in [0.25, 0.3) is 0 Å². The van der Waals surface area contributed by atoms with Crippen LogP contribution in [0, 0.1) is 0 Å². The average molecular weight is 521 g/mol. The number of ether oxygens (including phenoxy) is 1. The van der Waals surface area contributed by atoms with Gasteiger partial charge in [0, 0.05) is 32.8 Å². The number of para-hydroxylation sites is 1. The molecule has 4 heteroatoms. The van der Waals surface area contributed by atoms with Crippen molar-refractivity contribution in [3.8, 4) is 28.0 Å². The maximum absolute atomic E-state index is 6.18. The van der Waals surface area contributed by atoms with Crippen LogP contribution in [0.2, 0.25) is 0 Å². The Labute approximate surface area is 231 Å². The fourth-order valence-corrected chi connectivity index (χ4v) is 6.44. The molecule has 0 amide bonds. The third kappa shape index (κ3) is 4.25. The van der Waals surface area contributed by atoms with Gasteiger partial charge in [-0.05, 0) is 64.2 Å². The lowest BCUT2D eigenvalue weighted by Gasteiger charge is -2.08. The summed E-state index contributed by atoms with van der Waals surface area (Å²) in [7, 11) is 1.72. The minimum absolute atomic E-state index is 0.721. The van der Waals surface area contributed by atoms with Gasteiger partial charge in [0.2, 0.25) is 0 Å². The van der Waals surface area contributed by atoms with Crippen LogP contribution in [0.5, 0.6) is 5.75 Å². The summed E-state index contributed by atoms with van der Waals surface area (Å²) in [6.45, 7) is 0. The standard InChI is InChI=1S/C35H24N2OS/c1-36-22-37-34-30-14-2-4-17-31(30)38-32(34)20-23-9-6-10-24(19-23)25-11-7-12-26(21-25)27-15-8-16-29-28-13-3-5-18-33(28)39-35(27)29/h2-22H,1H3/b32-20-,36-22?,37-34?. The number of fused-ring (bicyclic) bond motifs is 4. The van der Waals surface area contributed by atoms with Crippen LogP contribution in [0.4, 0.5) is 0 Å². The molecule has 0 spiro atoms. The van der Waals surface area contributed by atoms with Gasteiger partial charge in [-0.2, -0.15) is 0 Å². The van der Waals surface area contributed by atoms with E-state index in [0.717, 1.165) is 33.9 Å². The smallest absolute Gasteiger partial charge is 0.154 e. The summed E-state index contributed by atoms with van der Waals surface area (Å²) in [6.07, 6.45) is 3.61. The molecule has 0 N–H and O–H groups in total. The summed E-state index contributed by atoms with van der Waals surface area (Å²) < 4.78 is 8.83. The highest BCUT2D eigenvalue weighted by Gasteiger charge is 2.24. The highest BCUT2D eigenvalue weighted by molar-refractivity contribution is 7.26. The Bertz CT molecular complexity index is 1960. The SMILES string of the molecule is CN=CN=C1/C(=C/c2cccc(-c3cccc(-c4cccc5c4sc4ccccc45)c3)c2)Oc2ccccc21. The second kappa shape index (κ2) is 9.82. The van der Waals surface area contributed by atoms with Crippen LogP contribution in [0.1, 0.15) is 11.1 Å². The van der Waals surface area contributed by atoms with E-state index in [1.165, 1.54) is 36.9 Å². The molecule has 0 bridgehead atoms. The van der Waals surface area contributed by atoms with Gasteiger partial charge >= 0.3 is 0 Å². The number of allylic oxidation sites excluding steroid dienone is 1.